The molecule has 5 rings (SSSR count). The Labute approximate surface area is 187 Å². The molecule has 4 heterocycles. The second-order valence-corrected chi connectivity index (χ2v) is 7.27. The molecule has 0 fully saturated rings. The number of H-pyrrole nitrogens is 1. The van der Waals surface area contributed by atoms with E-state index < -0.39 is 5.82 Å². The van der Waals surface area contributed by atoms with Crippen molar-refractivity contribution in [3.05, 3.63) is 66.9 Å². The van der Waals surface area contributed by atoms with Crippen LogP contribution in [0.2, 0.25) is 0 Å². The number of nitrogens with zero attached hydrogens (tertiary/aromatic N) is 7. The van der Waals surface area contributed by atoms with E-state index in [9.17, 15) is 5.11 Å². The molecule has 11 heteroatoms. The summed E-state index contributed by atoms with van der Waals surface area (Å²) in [6.07, 6.45) is 8.45. The number of phenols is 1. The van der Waals surface area contributed by atoms with Gasteiger partial charge in [-0.15, -0.1) is 0 Å². The average Bonchev–Trinajstić information content (AvgIpc) is 3.50. The quantitative estimate of drug-likeness (QED) is 0.408. The summed E-state index contributed by atoms with van der Waals surface area (Å²) in [4.78, 5) is 22.5. The molecule has 10 nitrogen and oxygen atoms in total. The van der Waals surface area contributed by atoms with Crippen molar-refractivity contribution in [1.29, 1.82) is 0 Å². The largest absolute Gasteiger partial charge is 0.508 e. The Morgan fingerprint density at radius 2 is 2.06 bits per heavy atom. The minimum Gasteiger partial charge on any atom is -0.508 e. The van der Waals surface area contributed by atoms with Crippen molar-refractivity contribution in [2.24, 2.45) is 7.05 Å². The summed E-state index contributed by atoms with van der Waals surface area (Å²) < 4.78 is 22.0. The number of phenolic OH excluding ortho intramolecular Hbond substituents is 1. The highest BCUT2D eigenvalue weighted by Gasteiger charge is 2.22. The molecule has 1 aromatic carbocycles. The SMILES string of the molecule is COc1cc(O)cc(N(Cc2ncc[nH]2)c2ccc3ncc(-c4cnn(C)c4)nc3n2)c1F. The summed E-state index contributed by atoms with van der Waals surface area (Å²) in [6, 6.07) is 5.98. The third-order valence-electron chi connectivity index (χ3n) is 5.05. The molecule has 5 aromatic rings. The van der Waals surface area contributed by atoms with Crippen LogP contribution in [0.5, 0.6) is 11.5 Å². The third kappa shape index (κ3) is 3.91. The molecule has 0 aliphatic carbocycles. The molecular formula is C22H19FN8O2. The number of aromatic nitrogens is 7. The first-order chi connectivity index (χ1) is 16.0. The van der Waals surface area contributed by atoms with E-state index in [4.69, 9.17) is 4.74 Å². The summed E-state index contributed by atoms with van der Waals surface area (Å²) in [5.74, 6) is 0.0943. The summed E-state index contributed by atoms with van der Waals surface area (Å²) >= 11 is 0. The van der Waals surface area contributed by atoms with Crippen LogP contribution < -0.4 is 9.64 Å². The van der Waals surface area contributed by atoms with E-state index in [0.717, 1.165) is 5.56 Å². The van der Waals surface area contributed by atoms with Gasteiger partial charge in [0, 0.05) is 43.3 Å². The third-order valence-corrected chi connectivity index (χ3v) is 5.05. The molecule has 4 aromatic heterocycles. The van der Waals surface area contributed by atoms with E-state index in [-0.39, 0.29) is 23.7 Å². The summed E-state index contributed by atoms with van der Waals surface area (Å²) in [5, 5.41) is 14.3. The Morgan fingerprint density at radius 3 is 2.79 bits per heavy atom. The molecule has 33 heavy (non-hydrogen) atoms. The standard InChI is InChI=1S/C22H19FN8O2/c1-30-11-13(9-27-30)16-10-26-15-3-4-20(29-22(15)28-16)31(12-19-24-5-6-25-19)17-7-14(32)8-18(33-2)21(17)23/h3-11,32H,12H2,1-2H3,(H,24,25). The highest BCUT2D eigenvalue weighted by molar-refractivity contribution is 5.77. The number of pyridine rings is 1. The maximum atomic E-state index is 15.2. The van der Waals surface area contributed by atoms with Gasteiger partial charge in [-0.3, -0.25) is 9.67 Å². The number of aromatic amines is 1. The number of hydrogen-bond donors (Lipinski definition) is 2. The first-order valence-corrected chi connectivity index (χ1v) is 9.97. The monoisotopic (exact) mass is 446 g/mol. The predicted molar refractivity (Wildman–Crippen MR) is 119 cm³/mol. The number of nitrogens with one attached hydrogen (secondary N) is 1. The maximum Gasteiger partial charge on any atom is 0.188 e. The fourth-order valence-corrected chi connectivity index (χ4v) is 3.47. The van der Waals surface area contributed by atoms with Crippen molar-refractivity contribution < 1.29 is 14.2 Å². The Balaban J connectivity index is 1.64. The molecule has 0 amide bonds. The Bertz CT molecular complexity index is 1430. The smallest absolute Gasteiger partial charge is 0.188 e. The number of hydrogen-bond acceptors (Lipinski definition) is 8. The fraction of sp³-hybridized carbons (Fsp3) is 0.136. The van der Waals surface area contributed by atoms with Crippen LogP contribution >= 0.6 is 0 Å². The van der Waals surface area contributed by atoms with Crippen LogP contribution in [0, 0.1) is 5.82 Å². The lowest BCUT2D eigenvalue weighted by Gasteiger charge is -2.24. The summed E-state index contributed by atoms with van der Waals surface area (Å²) in [5.41, 5.74) is 2.45. The van der Waals surface area contributed by atoms with Gasteiger partial charge in [-0.2, -0.15) is 5.10 Å². The van der Waals surface area contributed by atoms with Gasteiger partial charge in [0.2, 0.25) is 0 Å². The minimum absolute atomic E-state index is 0.0754. The Morgan fingerprint density at radius 1 is 1.18 bits per heavy atom. The first-order valence-electron chi connectivity index (χ1n) is 9.97. The molecule has 166 valence electrons. The highest BCUT2D eigenvalue weighted by Crippen LogP contribution is 2.36. The number of fused-ring (bicyclic) bond motifs is 1. The lowest BCUT2D eigenvalue weighted by molar-refractivity contribution is 0.380. The van der Waals surface area contributed by atoms with E-state index in [1.807, 2.05) is 13.2 Å². The van der Waals surface area contributed by atoms with Gasteiger partial charge in [-0.1, -0.05) is 0 Å². The van der Waals surface area contributed by atoms with Crippen LogP contribution in [-0.4, -0.2) is 46.9 Å². The molecule has 0 saturated heterocycles. The van der Waals surface area contributed by atoms with Gasteiger partial charge in [-0.25, -0.2) is 19.3 Å². The topological polar surface area (TPSA) is 118 Å². The van der Waals surface area contributed by atoms with E-state index in [1.165, 1.54) is 19.2 Å². The second kappa shape index (κ2) is 8.19. The van der Waals surface area contributed by atoms with Crippen molar-refractivity contribution in [3.63, 3.8) is 0 Å². The van der Waals surface area contributed by atoms with Gasteiger partial charge >= 0.3 is 0 Å². The lowest BCUT2D eigenvalue weighted by atomic mass is 10.2. The van der Waals surface area contributed by atoms with Crippen LogP contribution in [0.3, 0.4) is 0 Å². The molecule has 0 aliphatic rings. The zero-order valence-corrected chi connectivity index (χ0v) is 17.8. The van der Waals surface area contributed by atoms with Gasteiger partial charge in [0.15, 0.2) is 17.2 Å². The molecule has 0 atom stereocenters. The molecular weight excluding hydrogens is 427 g/mol. The van der Waals surface area contributed by atoms with Gasteiger partial charge in [0.1, 0.15) is 22.9 Å². The fourth-order valence-electron chi connectivity index (χ4n) is 3.47. The van der Waals surface area contributed by atoms with E-state index in [2.05, 4.69) is 30.0 Å². The number of anilines is 2. The minimum atomic E-state index is -0.640. The molecule has 0 radical (unpaired) electrons. The number of ether oxygens (including phenoxy) is 1. The highest BCUT2D eigenvalue weighted by atomic mass is 19.1. The number of aryl methyl sites for hydroxylation is 1. The average molecular weight is 446 g/mol. The molecule has 0 unspecified atom stereocenters. The first kappa shape index (κ1) is 20.4. The summed E-state index contributed by atoms with van der Waals surface area (Å²) in [6.45, 7) is 0.157. The summed E-state index contributed by atoms with van der Waals surface area (Å²) in [7, 11) is 3.15. The second-order valence-electron chi connectivity index (χ2n) is 7.27. The maximum absolute atomic E-state index is 15.2. The molecule has 0 bridgehead atoms. The number of methoxy groups -OCH3 is 1. The number of imidazole rings is 1. The van der Waals surface area contributed by atoms with Crippen molar-refractivity contribution in [2.75, 3.05) is 12.0 Å². The zero-order valence-electron chi connectivity index (χ0n) is 17.8. The lowest BCUT2D eigenvalue weighted by Crippen LogP contribution is -2.20. The van der Waals surface area contributed by atoms with Crippen LogP contribution in [0.1, 0.15) is 5.82 Å². The van der Waals surface area contributed by atoms with E-state index in [0.29, 0.717) is 28.5 Å². The van der Waals surface area contributed by atoms with Crippen molar-refractivity contribution in [1.82, 2.24) is 34.7 Å². The van der Waals surface area contributed by atoms with Crippen molar-refractivity contribution in [2.45, 2.75) is 6.54 Å². The molecule has 0 saturated carbocycles. The van der Waals surface area contributed by atoms with E-state index in [1.54, 1.807) is 46.5 Å². The molecule has 0 spiro atoms. The van der Waals surface area contributed by atoms with Crippen LogP contribution in [0.15, 0.2) is 55.2 Å². The van der Waals surface area contributed by atoms with E-state index >= 15 is 4.39 Å². The predicted octanol–water partition coefficient (Wildman–Crippen LogP) is 3.34. The van der Waals surface area contributed by atoms with Gasteiger partial charge in [0.25, 0.3) is 0 Å². The Hall–Kier alpha value is -4.54. The van der Waals surface area contributed by atoms with Crippen LogP contribution in [0.4, 0.5) is 15.9 Å². The van der Waals surface area contributed by atoms with Gasteiger partial charge < -0.3 is 19.7 Å². The van der Waals surface area contributed by atoms with Crippen LogP contribution in [0.25, 0.3) is 22.4 Å². The number of benzene rings is 1. The van der Waals surface area contributed by atoms with Gasteiger partial charge in [0.05, 0.1) is 37.4 Å². The normalized spacial score (nSPS) is 11.1. The van der Waals surface area contributed by atoms with Crippen molar-refractivity contribution >= 4 is 22.7 Å². The Kier molecular flexibility index (Phi) is 5.05. The number of rotatable bonds is 6. The number of halogens is 1. The van der Waals surface area contributed by atoms with Crippen LogP contribution in [-0.2, 0) is 13.6 Å². The zero-order chi connectivity index (χ0) is 22.9. The molecule has 0 aliphatic heterocycles. The van der Waals surface area contributed by atoms with Gasteiger partial charge in [-0.05, 0) is 12.1 Å². The molecule has 2 N–H and O–H groups in total. The number of aromatic hydroxyl groups is 1. The van der Waals surface area contributed by atoms with Crippen molar-refractivity contribution in [3.8, 4) is 22.8 Å².